The van der Waals surface area contributed by atoms with Crippen molar-refractivity contribution in [1.82, 2.24) is 20.7 Å². The Hall–Kier alpha value is -2.34. The average Bonchev–Trinajstić information content (AvgIpc) is 3.19. The van der Waals surface area contributed by atoms with Crippen LogP contribution in [0.1, 0.15) is 62.1 Å². The Kier molecular flexibility index (Phi) is 7.69. The van der Waals surface area contributed by atoms with E-state index in [0.717, 1.165) is 36.4 Å². The van der Waals surface area contributed by atoms with Crippen molar-refractivity contribution in [3.05, 3.63) is 52.9 Å². The normalized spacial score (nSPS) is 18.2. The molecule has 0 saturated carbocycles. The Labute approximate surface area is 174 Å². The van der Waals surface area contributed by atoms with Crippen LogP contribution >= 0.6 is 0 Å². The zero-order valence-corrected chi connectivity index (χ0v) is 18.2. The summed E-state index contributed by atoms with van der Waals surface area (Å²) in [5.41, 5.74) is 3.60. The second-order valence-corrected chi connectivity index (χ2v) is 8.45. The third kappa shape index (κ3) is 6.60. The van der Waals surface area contributed by atoms with Gasteiger partial charge in [0.1, 0.15) is 0 Å². The molecule has 1 fully saturated rings. The van der Waals surface area contributed by atoms with Gasteiger partial charge in [0.15, 0.2) is 11.7 Å². The maximum Gasteiger partial charge on any atom is 0.191 e. The zero-order chi connectivity index (χ0) is 20.6. The van der Waals surface area contributed by atoms with Crippen LogP contribution in [0.3, 0.4) is 0 Å². The first-order valence-corrected chi connectivity index (χ1v) is 10.7. The van der Waals surface area contributed by atoms with Crippen molar-refractivity contribution in [3.63, 3.8) is 0 Å². The summed E-state index contributed by atoms with van der Waals surface area (Å²) in [4.78, 5) is 6.86. The number of rotatable bonds is 7. The maximum absolute atomic E-state index is 5.37. The number of piperidine rings is 1. The highest BCUT2D eigenvalue weighted by Gasteiger charge is 2.16. The third-order valence-corrected chi connectivity index (χ3v) is 5.45. The van der Waals surface area contributed by atoms with Crippen molar-refractivity contribution in [2.75, 3.05) is 20.1 Å². The topological polar surface area (TPSA) is 65.7 Å². The molecule has 0 amide bonds. The van der Waals surface area contributed by atoms with Crippen LogP contribution in [0.15, 0.2) is 39.8 Å². The summed E-state index contributed by atoms with van der Waals surface area (Å²) in [6, 6.07) is 10.9. The predicted molar refractivity (Wildman–Crippen MR) is 118 cm³/mol. The van der Waals surface area contributed by atoms with E-state index < -0.39 is 0 Å². The molecule has 1 aromatic heterocycles. The molecule has 0 spiro atoms. The minimum Gasteiger partial charge on any atom is -0.359 e. The van der Waals surface area contributed by atoms with Crippen molar-refractivity contribution in [2.45, 2.75) is 59.2 Å². The van der Waals surface area contributed by atoms with Gasteiger partial charge in [-0.05, 0) is 42.3 Å². The SMILES string of the molecule is CN=C(NCc1ccc(CN2CCCC(C)C2)cc1)NCc1cc(C(C)C)no1. The number of likely N-dealkylation sites (tertiary alicyclic amines) is 1. The van der Waals surface area contributed by atoms with Crippen LogP contribution in [-0.4, -0.2) is 36.2 Å². The monoisotopic (exact) mass is 397 g/mol. The van der Waals surface area contributed by atoms with E-state index in [2.05, 4.69) is 70.7 Å². The minimum atomic E-state index is 0.367. The van der Waals surface area contributed by atoms with Gasteiger partial charge >= 0.3 is 0 Å². The summed E-state index contributed by atoms with van der Waals surface area (Å²) >= 11 is 0. The molecule has 1 aromatic carbocycles. The van der Waals surface area contributed by atoms with Gasteiger partial charge in [-0.25, -0.2) is 0 Å². The van der Waals surface area contributed by atoms with Crippen LogP contribution in [0.2, 0.25) is 0 Å². The number of aliphatic imine (C=N–C) groups is 1. The van der Waals surface area contributed by atoms with E-state index in [4.69, 9.17) is 4.52 Å². The fraction of sp³-hybridized carbons (Fsp3) is 0.565. The standard InChI is InChI=1S/C23H35N5O/c1-17(2)22-12-21(29-27-22)14-26-23(24-4)25-13-19-7-9-20(10-8-19)16-28-11-5-6-18(3)15-28/h7-10,12,17-18H,5-6,11,13-16H2,1-4H3,(H2,24,25,26). The van der Waals surface area contributed by atoms with E-state index in [-0.39, 0.29) is 0 Å². The van der Waals surface area contributed by atoms with Gasteiger partial charge in [-0.2, -0.15) is 0 Å². The molecule has 0 aliphatic carbocycles. The number of hydrogen-bond donors (Lipinski definition) is 2. The fourth-order valence-electron chi connectivity index (χ4n) is 3.71. The molecule has 29 heavy (non-hydrogen) atoms. The molecule has 3 rings (SSSR count). The van der Waals surface area contributed by atoms with Crippen LogP contribution in [0.5, 0.6) is 0 Å². The smallest absolute Gasteiger partial charge is 0.191 e. The molecule has 2 aromatic rings. The van der Waals surface area contributed by atoms with Crippen molar-refractivity contribution in [2.24, 2.45) is 10.9 Å². The summed E-state index contributed by atoms with van der Waals surface area (Å²) in [6.45, 7) is 11.3. The van der Waals surface area contributed by atoms with Crippen molar-refractivity contribution in [3.8, 4) is 0 Å². The number of hydrogen-bond acceptors (Lipinski definition) is 4. The van der Waals surface area contributed by atoms with Gasteiger partial charge in [0, 0.05) is 32.7 Å². The molecular formula is C23H35N5O. The lowest BCUT2D eigenvalue weighted by Crippen LogP contribution is -2.36. The van der Waals surface area contributed by atoms with Crippen molar-refractivity contribution < 1.29 is 4.52 Å². The number of aromatic nitrogens is 1. The number of nitrogens with zero attached hydrogens (tertiary/aromatic N) is 3. The summed E-state index contributed by atoms with van der Waals surface area (Å²) < 4.78 is 5.37. The average molecular weight is 398 g/mol. The van der Waals surface area contributed by atoms with Crippen molar-refractivity contribution in [1.29, 1.82) is 0 Å². The molecular weight excluding hydrogens is 362 g/mol. The number of nitrogens with one attached hydrogen (secondary N) is 2. The third-order valence-electron chi connectivity index (χ3n) is 5.45. The van der Waals surface area contributed by atoms with Crippen molar-refractivity contribution >= 4 is 5.96 Å². The molecule has 0 bridgehead atoms. The molecule has 1 aliphatic heterocycles. The lowest BCUT2D eigenvalue weighted by molar-refractivity contribution is 0.176. The van der Waals surface area contributed by atoms with E-state index in [0.29, 0.717) is 12.5 Å². The van der Waals surface area contributed by atoms with Crippen LogP contribution in [0.25, 0.3) is 0 Å². The molecule has 6 nitrogen and oxygen atoms in total. The largest absolute Gasteiger partial charge is 0.359 e. The van der Waals surface area contributed by atoms with Gasteiger partial charge in [-0.3, -0.25) is 9.89 Å². The van der Waals surface area contributed by atoms with Crippen LogP contribution in [-0.2, 0) is 19.6 Å². The molecule has 158 valence electrons. The highest BCUT2D eigenvalue weighted by atomic mass is 16.5. The predicted octanol–water partition coefficient (Wildman–Crippen LogP) is 3.90. The van der Waals surface area contributed by atoms with E-state index >= 15 is 0 Å². The number of benzene rings is 1. The fourth-order valence-corrected chi connectivity index (χ4v) is 3.71. The quantitative estimate of drug-likeness (QED) is 0.548. The van der Waals surface area contributed by atoms with Gasteiger partial charge in [0.2, 0.25) is 0 Å². The molecule has 0 radical (unpaired) electrons. The van der Waals surface area contributed by atoms with E-state index in [9.17, 15) is 0 Å². The maximum atomic E-state index is 5.37. The highest BCUT2D eigenvalue weighted by molar-refractivity contribution is 5.79. The van der Waals surface area contributed by atoms with Gasteiger partial charge < -0.3 is 15.2 Å². The highest BCUT2D eigenvalue weighted by Crippen LogP contribution is 2.18. The Morgan fingerprint density at radius 2 is 1.93 bits per heavy atom. The first-order chi connectivity index (χ1) is 14.0. The Morgan fingerprint density at radius 1 is 1.21 bits per heavy atom. The first-order valence-electron chi connectivity index (χ1n) is 10.7. The van der Waals surface area contributed by atoms with Gasteiger partial charge in [0.25, 0.3) is 0 Å². The Bertz CT molecular complexity index is 781. The molecule has 2 heterocycles. The first kappa shape index (κ1) is 21.4. The molecule has 1 atom stereocenters. The van der Waals surface area contributed by atoms with Crippen LogP contribution < -0.4 is 10.6 Å². The van der Waals surface area contributed by atoms with Gasteiger partial charge in [-0.15, -0.1) is 0 Å². The van der Waals surface area contributed by atoms with E-state index in [1.807, 2.05) is 6.07 Å². The second-order valence-electron chi connectivity index (χ2n) is 8.45. The molecule has 1 saturated heterocycles. The van der Waals surface area contributed by atoms with Crippen LogP contribution in [0, 0.1) is 5.92 Å². The lowest BCUT2D eigenvalue weighted by atomic mass is 9.99. The lowest BCUT2D eigenvalue weighted by Gasteiger charge is -2.30. The molecule has 6 heteroatoms. The molecule has 1 unspecified atom stereocenters. The summed E-state index contributed by atoms with van der Waals surface area (Å²) in [5, 5.41) is 10.7. The molecule has 2 N–H and O–H groups in total. The van der Waals surface area contributed by atoms with Crippen LogP contribution in [0.4, 0.5) is 0 Å². The Balaban J connectivity index is 1.44. The van der Waals surface area contributed by atoms with E-state index in [1.165, 1.54) is 37.1 Å². The van der Waals surface area contributed by atoms with Gasteiger partial charge in [0.05, 0.1) is 12.2 Å². The summed E-state index contributed by atoms with van der Waals surface area (Å²) in [7, 11) is 1.78. The molecule has 1 aliphatic rings. The number of guanidine groups is 1. The Morgan fingerprint density at radius 3 is 2.59 bits per heavy atom. The second kappa shape index (κ2) is 10.4. The van der Waals surface area contributed by atoms with E-state index in [1.54, 1.807) is 7.05 Å². The zero-order valence-electron chi connectivity index (χ0n) is 18.2. The summed E-state index contributed by atoms with van der Waals surface area (Å²) in [5.74, 6) is 2.75. The summed E-state index contributed by atoms with van der Waals surface area (Å²) in [6.07, 6.45) is 2.69. The minimum absolute atomic E-state index is 0.367. The van der Waals surface area contributed by atoms with Gasteiger partial charge in [-0.1, -0.05) is 50.2 Å².